The van der Waals surface area contributed by atoms with E-state index in [0.29, 0.717) is 24.2 Å². The Bertz CT molecular complexity index is 420. The Labute approximate surface area is 112 Å². The predicted octanol–water partition coefficient (Wildman–Crippen LogP) is 2.94. The van der Waals surface area contributed by atoms with E-state index in [1.807, 2.05) is 0 Å². The van der Waals surface area contributed by atoms with Crippen molar-refractivity contribution in [1.29, 1.82) is 0 Å². The molecule has 1 saturated heterocycles. The van der Waals surface area contributed by atoms with Crippen LogP contribution in [0.1, 0.15) is 38.7 Å². The maximum absolute atomic E-state index is 13.2. The maximum Gasteiger partial charge on any atom is 0.187 e. The molecule has 2 rings (SSSR count). The Morgan fingerprint density at radius 3 is 2.26 bits per heavy atom. The van der Waals surface area contributed by atoms with Crippen molar-refractivity contribution in [2.45, 2.75) is 51.7 Å². The SMILES string of the molecule is CC1CCCC(C)N1NCc1cc(F)c(O)c(F)c1. The van der Waals surface area contributed by atoms with Crippen LogP contribution in [-0.2, 0) is 6.54 Å². The fraction of sp³-hybridized carbons (Fsp3) is 0.571. The summed E-state index contributed by atoms with van der Waals surface area (Å²) in [5, 5.41) is 11.2. The van der Waals surface area contributed by atoms with E-state index in [-0.39, 0.29) is 0 Å². The van der Waals surface area contributed by atoms with Crippen LogP contribution in [0.25, 0.3) is 0 Å². The van der Waals surface area contributed by atoms with E-state index in [4.69, 9.17) is 5.11 Å². The molecule has 0 bridgehead atoms. The number of hydrogen-bond donors (Lipinski definition) is 2. The van der Waals surface area contributed by atoms with Gasteiger partial charge in [0.15, 0.2) is 17.4 Å². The van der Waals surface area contributed by atoms with Gasteiger partial charge in [-0.2, -0.15) is 0 Å². The topological polar surface area (TPSA) is 35.5 Å². The summed E-state index contributed by atoms with van der Waals surface area (Å²) in [7, 11) is 0. The molecule has 5 heteroatoms. The van der Waals surface area contributed by atoms with Gasteiger partial charge in [0.2, 0.25) is 0 Å². The van der Waals surface area contributed by atoms with Crippen molar-refractivity contribution < 1.29 is 13.9 Å². The number of hydrazine groups is 1. The minimum atomic E-state index is -0.920. The minimum absolute atomic E-state index is 0.350. The van der Waals surface area contributed by atoms with E-state index >= 15 is 0 Å². The molecule has 1 fully saturated rings. The summed E-state index contributed by atoms with van der Waals surface area (Å²) in [5.41, 5.74) is 3.71. The van der Waals surface area contributed by atoms with Crippen molar-refractivity contribution in [2.75, 3.05) is 0 Å². The number of phenolic OH excluding ortho intramolecular Hbond substituents is 1. The van der Waals surface area contributed by atoms with Crippen LogP contribution in [0.5, 0.6) is 5.75 Å². The largest absolute Gasteiger partial charge is 0.503 e. The lowest BCUT2D eigenvalue weighted by Crippen LogP contribution is -2.51. The molecule has 0 amide bonds. The van der Waals surface area contributed by atoms with E-state index in [2.05, 4.69) is 24.3 Å². The molecule has 1 aliphatic heterocycles. The van der Waals surface area contributed by atoms with Gasteiger partial charge >= 0.3 is 0 Å². The average Bonchev–Trinajstić information content (AvgIpc) is 2.35. The van der Waals surface area contributed by atoms with Crippen molar-refractivity contribution in [3.63, 3.8) is 0 Å². The Morgan fingerprint density at radius 1 is 1.21 bits per heavy atom. The molecule has 2 N–H and O–H groups in total. The summed E-state index contributed by atoms with van der Waals surface area (Å²) in [5.74, 6) is -2.75. The van der Waals surface area contributed by atoms with E-state index in [0.717, 1.165) is 25.0 Å². The molecule has 3 nitrogen and oxygen atoms in total. The molecule has 1 aromatic rings. The van der Waals surface area contributed by atoms with Gasteiger partial charge in [-0.15, -0.1) is 0 Å². The van der Waals surface area contributed by atoms with Gasteiger partial charge in [-0.05, 0) is 44.4 Å². The van der Waals surface area contributed by atoms with Crippen molar-refractivity contribution in [3.8, 4) is 5.75 Å². The average molecular weight is 270 g/mol. The summed E-state index contributed by atoms with van der Waals surface area (Å²) < 4.78 is 26.5. The highest BCUT2D eigenvalue weighted by molar-refractivity contribution is 5.29. The normalized spacial score (nSPS) is 24.6. The molecule has 2 unspecified atom stereocenters. The maximum atomic E-state index is 13.2. The van der Waals surface area contributed by atoms with E-state index in [1.54, 1.807) is 0 Å². The van der Waals surface area contributed by atoms with Crippen LogP contribution in [0.3, 0.4) is 0 Å². The molecule has 0 radical (unpaired) electrons. The van der Waals surface area contributed by atoms with Gasteiger partial charge in [-0.1, -0.05) is 6.42 Å². The van der Waals surface area contributed by atoms with Gasteiger partial charge in [-0.3, -0.25) is 5.43 Å². The van der Waals surface area contributed by atoms with E-state index in [9.17, 15) is 8.78 Å². The molecule has 0 spiro atoms. The molecule has 106 valence electrons. The molecule has 1 aromatic carbocycles. The van der Waals surface area contributed by atoms with Gasteiger partial charge in [0.25, 0.3) is 0 Å². The first kappa shape index (κ1) is 14.2. The molecule has 0 aliphatic carbocycles. The van der Waals surface area contributed by atoms with Crippen LogP contribution < -0.4 is 5.43 Å². The summed E-state index contributed by atoms with van der Waals surface area (Å²) in [6, 6.07) is 3.14. The summed E-state index contributed by atoms with van der Waals surface area (Å²) in [6.45, 7) is 4.63. The zero-order chi connectivity index (χ0) is 14.0. The van der Waals surface area contributed by atoms with Gasteiger partial charge in [0.1, 0.15) is 0 Å². The highest BCUT2D eigenvalue weighted by Gasteiger charge is 2.24. The summed E-state index contributed by atoms with van der Waals surface area (Å²) >= 11 is 0. The second kappa shape index (κ2) is 5.84. The monoisotopic (exact) mass is 270 g/mol. The highest BCUT2D eigenvalue weighted by Crippen LogP contribution is 2.23. The molecule has 19 heavy (non-hydrogen) atoms. The van der Waals surface area contributed by atoms with Crippen LogP contribution in [-0.4, -0.2) is 22.2 Å². The number of rotatable bonds is 3. The van der Waals surface area contributed by atoms with Crippen LogP contribution in [0.15, 0.2) is 12.1 Å². The van der Waals surface area contributed by atoms with Gasteiger partial charge in [-0.25, -0.2) is 13.8 Å². The third-order valence-corrected chi connectivity index (χ3v) is 3.74. The number of benzene rings is 1. The zero-order valence-corrected chi connectivity index (χ0v) is 11.3. The third kappa shape index (κ3) is 3.22. The van der Waals surface area contributed by atoms with Crippen LogP contribution in [0, 0.1) is 11.6 Å². The standard InChI is InChI=1S/C14H20F2N2O/c1-9-4-3-5-10(2)18(9)17-8-11-6-12(15)14(19)13(16)7-11/h6-7,9-10,17,19H,3-5,8H2,1-2H3. The van der Waals surface area contributed by atoms with Crippen molar-refractivity contribution in [2.24, 2.45) is 0 Å². The number of piperidine rings is 1. The number of nitrogens with zero attached hydrogens (tertiary/aromatic N) is 1. The van der Waals surface area contributed by atoms with Crippen molar-refractivity contribution in [3.05, 3.63) is 29.3 Å². The highest BCUT2D eigenvalue weighted by atomic mass is 19.1. The van der Waals surface area contributed by atoms with Gasteiger partial charge in [0.05, 0.1) is 0 Å². The Hall–Kier alpha value is -1.20. The van der Waals surface area contributed by atoms with Gasteiger partial charge in [0, 0.05) is 18.6 Å². The van der Waals surface area contributed by atoms with Crippen LogP contribution >= 0.6 is 0 Å². The second-order valence-corrected chi connectivity index (χ2v) is 5.28. The molecule has 1 heterocycles. The number of hydrogen-bond acceptors (Lipinski definition) is 3. The molecular weight excluding hydrogens is 250 g/mol. The molecule has 1 aliphatic rings. The number of nitrogens with one attached hydrogen (secondary N) is 1. The first-order valence-corrected chi connectivity index (χ1v) is 6.67. The number of halogens is 2. The summed E-state index contributed by atoms with van der Waals surface area (Å²) in [6.07, 6.45) is 3.45. The van der Waals surface area contributed by atoms with Crippen molar-refractivity contribution >= 4 is 0 Å². The second-order valence-electron chi connectivity index (χ2n) is 5.28. The smallest absolute Gasteiger partial charge is 0.187 e. The number of aromatic hydroxyl groups is 1. The zero-order valence-electron chi connectivity index (χ0n) is 11.3. The summed E-state index contributed by atoms with van der Waals surface area (Å²) in [4.78, 5) is 0. The van der Waals surface area contributed by atoms with E-state index < -0.39 is 17.4 Å². The lowest BCUT2D eigenvalue weighted by Gasteiger charge is -2.39. The lowest BCUT2D eigenvalue weighted by atomic mass is 10.00. The fourth-order valence-electron chi connectivity index (χ4n) is 2.64. The van der Waals surface area contributed by atoms with Crippen LogP contribution in [0.2, 0.25) is 0 Å². The first-order chi connectivity index (χ1) is 8.99. The quantitative estimate of drug-likeness (QED) is 0.886. The molecular formula is C14H20F2N2O. The van der Waals surface area contributed by atoms with Crippen molar-refractivity contribution in [1.82, 2.24) is 10.4 Å². The van der Waals surface area contributed by atoms with E-state index in [1.165, 1.54) is 6.42 Å². The Balaban J connectivity index is 2.02. The molecule has 0 saturated carbocycles. The van der Waals surface area contributed by atoms with Crippen LogP contribution in [0.4, 0.5) is 8.78 Å². The third-order valence-electron chi connectivity index (χ3n) is 3.74. The molecule has 0 aromatic heterocycles. The fourth-order valence-corrected chi connectivity index (χ4v) is 2.64. The minimum Gasteiger partial charge on any atom is -0.503 e. The molecule has 2 atom stereocenters. The Kier molecular flexibility index (Phi) is 4.37. The van der Waals surface area contributed by atoms with Gasteiger partial charge < -0.3 is 5.11 Å². The lowest BCUT2D eigenvalue weighted by molar-refractivity contribution is 0.0435. The first-order valence-electron chi connectivity index (χ1n) is 6.67. The Morgan fingerprint density at radius 2 is 1.74 bits per heavy atom. The number of phenols is 1. The predicted molar refractivity (Wildman–Crippen MR) is 69.5 cm³/mol.